The van der Waals surface area contributed by atoms with E-state index in [9.17, 15) is 9.59 Å². The molecule has 1 saturated heterocycles. The van der Waals surface area contributed by atoms with Crippen molar-refractivity contribution in [3.63, 3.8) is 0 Å². The van der Waals surface area contributed by atoms with Crippen molar-refractivity contribution in [3.05, 3.63) is 33.1 Å². The second kappa shape index (κ2) is 4.94. The summed E-state index contributed by atoms with van der Waals surface area (Å²) in [5, 5.41) is 0. The van der Waals surface area contributed by atoms with E-state index in [2.05, 4.69) is 36.8 Å². The van der Waals surface area contributed by atoms with Crippen LogP contribution in [0.5, 0.6) is 0 Å². The van der Waals surface area contributed by atoms with E-state index >= 15 is 0 Å². The predicted octanol–water partition coefficient (Wildman–Crippen LogP) is 1.97. The van der Waals surface area contributed by atoms with Crippen molar-refractivity contribution in [2.45, 2.75) is 35.8 Å². The van der Waals surface area contributed by atoms with Crippen molar-refractivity contribution >= 4 is 31.9 Å². The van der Waals surface area contributed by atoms with Gasteiger partial charge in [0, 0.05) is 18.2 Å². The molecule has 1 N–H and O–H groups in total. The minimum absolute atomic E-state index is 0.0487. The number of alkyl halides is 2. The van der Waals surface area contributed by atoms with Crippen LogP contribution < -0.4 is 11.2 Å². The van der Waals surface area contributed by atoms with E-state index in [-0.39, 0.29) is 12.0 Å². The lowest BCUT2D eigenvalue weighted by Crippen LogP contribution is -2.37. The van der Waals surface area contributed by atoms with E-state index < -0.39 is 20.7 Å². The Hall–Kier alpha value is -0.400. The topological polar surface area (TPSA) is 64.1 Å². The fraction of sp³-hybridized carbons (Fsp3) is 0.636. The maximum Gasteiger partial charge on any atom is 0.330 e. The summed E-state index contributed by atoms with van der Waals surface area (Å²) < 4.78 is 6.75. The molecule has 1 aliphatic rings. The van der Waals surface area contributed by atoms with Crippen LogP contribution in [-0.2, 0) is 4.74 Å². The van der Waals surface area contributed by atoms with Crippen molar-refractivity contribution < 1.29 is 4.74 Å². The molecule has 0 amide bonds. The van der Waals surface area contributed by atoms with Gasteiger partial charge in [-0.3, -0.25) is 14.3 Å². The Morgan fingerprint density at radius 3 is 2.67 bits per heavy atom. The van der Waals surface area contributed by atoms with E-state index in [1.807, 2.05) is 13.8 Å². The van der Waals surface area contributed by atoms with Gasteiger partial charge in [0.1, 0.15) is 3.23 Å². The summed E-state index contributed by atoms with van der Waals surface area (Å²) >= 11 is 7.17. The Kier molecular flexibility index (Phi) is 3.85. The number of H-pyrrole nitrogens is 1. The SMILES string of the molecule is CC[C@H]1O[C@H](n2ccc(=O)[nH]c2=O)C(Br)(Br)[C@H]1C. The van der Waals surface area contributed by atoms with Gasteiger partial charge in [-0.25, -0.2) is 4.79 Å². The van der Waals surface area contributed by atoms with Crippen molar-refractivity contribution in [2.75, 3.05) is 0 Å². The zero-order chi connectivity index (χ0) is 13.5. The summed E-state index contributed by atoms with van der Waals surface area (Å²) in [6.45, 7) is 4.09. The first-order valence-electron chi connectivity index (χ1n) is 5.72. The van der Waals surface area contributed by atoms with E-state index in [1.54, 1.807) is 0 Å². The number of nitrogens with one attached hydrogen (secondary N) is 1. The molecule has 3 atom stereocenters. The lowest BCUT2D eigenvalue weighted by Gasteiger charge is -2.25. The molecule has 0 bridgehead atoms. The molecular weight excluding hydrogens is 368 g/mol. The highest BCUT2D eigenvalue weighted by molar-refractivity contribution is 9.25. The molecule has 1 aliphatic heterocycles. The highest BCUT2D eigenvalue weighted by Crippen LogP contribution is 2.53. The molecule has 5 nitrogen and oxygen atoms in total. The third-order valence-electron chi connectivity index (χ3n) is 3.30. The third kappa shape index (κ3) is 2.23. The fourth-order valence-corrected chi connectivity index (χ4v) is 3.41. The average molecular weight is 382 g/mol. The van der Waals surface area contributed by atoms with Crippen molar-refractivity contribution in [2.24, 2.45) is 5.92 Å². The van der Waals surface area contributed by atoms with Crippen molar-refractivity contribution in [3.8, 4) is 0 Å². The summed E-state index contributed by atoms with van der Waals surface area (Å²) in [4.78, 5) is 25.1. The van der Waals surface area contributed by atoms with Crippen LogP contribution in [0, 0.1) is 5.92 Å². The standard InChI is InChI=1S/C11H14Br2N2O3/c1-3-7-6(2)11(12,13)9(18-7)15-5-4-8(16)14-10(15)17/h4-7,9H,3H2,1-2H3,(H,14,16,17)/t6-,7+,9-/m0/s1. The van der Waals surface area contributed by atoms with Gasteiger partial charge in [0.2, 0.25) is 0 Å². The van der Waals surface area contributed by atoms with Gasteiger partial charge < -0.3 is 4.74 Å². The largest absolute Gasteiger partial charge is 0.352 e. The fourth-order valence-electron chi connectivity index (χ4n) is 2.16. The predicted molar refractivity (Wildman–Crippen MR) is 75.3 cm³/mol. The Labute approximate surface area is 121 Å². The molecule has 18 heavy (non-hydrogen) atoms. The number of halogens is 2. The first-order valence-corrected chi connectivity index (χ1v) is 7.31. The van der Waals surface area contributed by atoms with E-state index in [1.165, 1.54) is 16.8 Å². The molecule has 0 unspecified atom stereocenters. The van der Waals surface area contributed by atoms with Crippen LogP contribution in [-0.4, -0.2) is 18.9 Å². The highest BCUT2D eigenvalue weighted by Gasteiger charge is 2.52. The molecule has 0 radical (unpaired) electrons. The van der Waals surface area contributed by atoms with Gasteiger partial charge in [-0.05, 0) is 6.42 Å². The Morgan fingerprint density at radius 2 is 2.17 bits per heavy atom. The number of rotatable bonds is 2. The molecular formula is C11H14Br2N2O3. The van der Waals surface area contributed by atoms with Gasteiger partial charge in [0.25, 0.3) is 5.56 Å². The summed E-state index contributed by atoms with van der Waals surface area (Å²) in [5.41, 5.74) is -0.885. The molecule has 100 valence electrons. The number of aromatic nitrogens is 2. The summed E-state index contributed by atoms with van der Waals surface area (Å²) in [6, 6.07) is 1.31. The van der Waals surface area contributed by atoms with Crippen LogP contribution in [0.4, 0.5) is 0 Å². The molecule has 7 heteroatoms. The van der Waals surface area contributed by atoms with Gasteiger partial charge in [-0.1, -0.05) is 45.7 Å². The maximum absolute atomic E-state index is 11.8. The number of ether oxygens (including phenoxy) is 1. The van der Waals surface area contributed by atoms with Crippen LogP contribution in [0.2, 0.25) is 0 Å². The Balaban J connectivity index is 2.45. The monoisotopic (exact) mass is 380 g/mol. The molecule has 1 fully saturated rings. The van der Waals surface area contributed by atoms with Gasteiger partial charge in [0.15, 0.2) is 6.23 Å². The van der Waals surface area contributed by atoms with Crippen LogP contribution in [0.1, 0.15) is 26.5 Å². The zero-order valence-corrected chi connectivity index (χ0v) is 13.2. The molecule has 0 spiro atoms. The second-order valence-corrected chi connectivity index (χ2v) is 8.10. The lowest BCUT2D eigenvalue weighted by molar-refractivity contribution is -0.00754. The smallest absolute Gasteiger partial charge is 0.330 e. The van der Waals surface area contributed by atoms with Crippen LogP contribution in [0.3, 0.4) is 0 Å². The summed E-state index contributed by atoms with van der Waals surface area (Å²) in [5.74, 6) is 0.186. The van der Waals surface area contributed by atoms with Crippen LogP contribution in [0.25, 0.3) is 0 Å². The zero-order valence-electron chi connectivity index (χ0n) is 10.0. The van der Waals surface area contributed by atoms with Crippen molar-refractivity contribution in [1.82, 2.24) is 9.55 Å². The number of hydrogen-bond donors (Lipinski definition) is 1. The molecule has 2 heterocycles. The maximum atomic E-state index is 11.8. The summed E-state index contributed by atoms with van der Waals surface area (Å²) in [7, 11) is 0. The van der Waals surface area contributed by atoms with Crippen molar-refractivity contribution in [1.29, 1.82) is 0 Å². The van der Waals surface area contributed by atoms with Gasteiger partial charge >= 0.3 is 5.69 Å². The van der Waals surface area contributed by atoms with Crippen LogP contribution >= 0.6 is 31.9 Å². The lowest BCUT2D eigenvalue weighted by atomic mass is 10.0. The number of hydrogen-bond acceptors (Lipinski definition) is 3. The molecule has 0 saturated carbocycles. The molecule has 0 aromatic carbocycles. The average Bonchev–Trinajstić information content (AvgIpc) is 2.52. The molecule has 2 rings (SSSR count). The normalized spacial score (nSPS) is 30.6. The second-order valence-electron chi connectivity index (χ2n) is 4.42. The summed E-state index contributed by atoms with van der Waals surface area (Å²) in [6.07, 6.45) is 1.86. The van der Waals surface area contributed by atoms with Gasteiger partial charge in [-0.2, -0.15) is 0 Å². The van der Waals surface area contributed by atoms with Crippen LogP contribution in [0.15, 0.2) is 21.9 Å². The van der Waals surface area contributed by atoms with E-state index in [4.69, 9.17) is 4.74 Å². The highest BCUT2D eigenvalue weighted by atomic mass is 79.9. The minimum Gasteiger partial charge on any atom is -0.352 e. The molecule has 1 aromatic rings. The van der Waals surface area contributed by atoms with Gasteiger partial charge in [0.05, 0.1) is 6.10 Å². The number of nitrogens with zero attached hydrogens (tertiary/aromatic N) is 1. The Bertz CT molecular complexity index is 552. The minimum atomic E-state index is -0.525. The molecule has 1 aromatic heterocycles. The van der Waals surface area contributed by atoms with E-state index in [0.717, 1.165) is 6.42 Å². The third-order valence-corrected chi connectivity index (χ3v) is 5.53. The molecule has 0 aliphatic carbocycles. The Morgan fingerprint density at radius 1 is 1.50 bits per heavy atom. The van der Waals surface area contributed by atoms with E-state index in [0.29, 0.717) is 0 Å². The first kappa shape index (κ1) is 14.0. The quantitative estimate of drug-likeness (QED) is 0.796. The van der Waals surface area contributed by atoms with Gasteiger partial charge in [-0.15, -0.1) is 0 Å². The number of aromatic amines is 1. The first-order chi connectivity index (χ1) is 8.37.